The van der Waals surface area contributed by atoms with Gasteiger partial charge >= 0.3 is 0 Å². The van der Waals surface area contributed by atoms with Gasteiger partial charge in [-0.25, -0.2) is 4.98 Å². The summed E-state index contributed by atoms with van der Waals surface area (Å²) in [5, 5.41) is 14.7. The summed E-state index contributed by atoms with van der Waals surface area (Å²) in [5.41, 5.74) is 1.14. The fourth-order valence-electron chi connectivity index (χ4n) is 2.17. The molecule has 0 unspecified atom stereocenters. The molecule has 6 nitrogen and oxygen atoms in total. The lowest BCUT2D eigenvalue weighted by molar-refractivity contribution is -0.385. The topological polar surface area (TPSA) is 85.1 Å². The number of nitrogens with zero attached hydrogens (tertiary/aromatic N) is 2. The maximum atomic E-state index is 12.4. The summed E-state index contributed by atoms with van der Waals surface area (Å²) in [7, 11) is 0. The van der Waals surface area contributed by atoms with Gasteiger partial charge in [-0.2, -0.15) is 0 Å². The molecule has 0 saturated heterocycles. The molecule has 1 N–H and O–H groups in total. The van der Waals surface area contributed by atoms with E-state index in [9.17, 15) is 14.9 Å². The van der Waals surface area contributed by atoms with Crippen LogP contribution in [0.3, 0.4) is 0 Å². The molecule has 0 fully saturated rings. The van der Waals surface area contributed by atoms with Gasteiger partial charge in [0.05, 0.1) is 20.2 Å². The highest BCUT2D eigenvalue weighted by atomic mass is 35.5. The molecular formula is C15H9Cl2N3O3S. The quantitative estimate of drug-likeness (QED) is 0.506. The summed E-state index contributed by atoms with van der Waals surface area (Å²) < 4.78 is 0.743. The lowest BCUT2D eigenvalue weighted by atomic mass is 10.1. The molecule has 0 atom stereocenters. The van der Waals surface area contributed by atoms with Crippen LogP contribution in [0.25, 0.3) is 10.2 Å². The van der Waals surface area contributed by atoms with Crippen LogP contribution in [0.1, 0.15) is 15.9 Å². The molecule has 3 aromatic rings. The fraction of sp³-hybridized carbons (Fsp3) is 0.0667. The SMILES string of the molecule is Cc1ccc(Cl)c2sc(NC(=O)c3cc(Cl)ccc3[N+](=O)[O-])nc12. The normalized spacial score (nSPS) is 10.8. The number of amides is 1. The number of carbonyl (C=O) groups excluding carboxylic acids is 1. The summed E-state index contributed by atoms with van der Waals surface area (Å²) in [4.78, 5) is 27.2. The van der Waals surface area contributed by atoms with E-state index in [-0.39, 0.29) is 16.3 Å². The second kappa shape index (κ2) is 6.35. The van der Waals surface area contributed by atoms with Crippen molar-refractivity contribution in [3.63, 3.8) is 0 Å². The van der Waals surface area contributed by atoms with Gasteiger partial charge in [-0.05, 0) is 30.7 Å². The first-order valence-electron chi connectivity index (χ1n) is 6.68. The Morgan fingerprint density at radius 2 is 2.04 bits per heavy atom. The maximum Gasteiger partial charge on any atom is 0.282 e. The summed E-state index contributed by atoms with van der Waals surface area (Å²) >= 11 is 13.2. The maximum absolute atomic E-state index is 12.4. The molecule has 0 aliphatic carbocycles. The van der Waals surface area contributed by atoms with Crippen LogP contribution in [0.2, 0.25) is 10.0 Å². The largest absolute Gasteiger partial charge is 0.298 e. The summed E-state index contributed by atoms with van der Waals surface area (Å²) in [6.45, 7) is 1.88. The molecule has 0 radical (unpaired) electrons. The lowest BCUT2D eigenvalue weighted by Crippen LogP contribution is -2.13. The average molecular weight is 382 g/mol. The molecule has 1 heterocycles. The number of nitro groups is 1. The summed E-state index contributed by atoms with van der Waals surface area (Å²) in [5.74, 6) is -0.656. The van der Waals surface area contributed by atoms with Crippen molar-refractivity contribution < 1.29 is 9.72 Å². The lowest BCUT2D eigenvalue weighted by Gasteiger charge is -2.03. The smallest absolute Gasteiger partial charge is 0.282 e. The van der Waals surface area contributed by atoms with E-state index in [1.807, 2.05) is 13.0 Å². The van der Waals surface area contributed by atoms with Crippen molar-refractivity contribution in [2.45, 2.75) is 6.92 Å². The number of anilines is 1. The third-order valence-electron chi connectivity index (χ3n) is 3.32. The first-order valence-corrected chi connectivity index (χ1v) is 8.25. The number of hydrogen-bond acceptors (Lipinski definition) is 5. The van der Waals surface area contributed by atoms with Crippen LogP contribution in [0.5, 0.6) is 0 Å². The second-order valence-corrected chi connectivity index (χ2v) is 6.78. The molecule has 24 heavy (non-hydrogen) atoms. The first kappa shape index (κ1) is 16.6. The molecule has 1 amide bonds. The number of benzene rings is 2. The van der Waals surface area contributed by atoms with Gasteiger partial charge in [0, 0.05) is 11.1 Å². The minimum absolute atomic E-state index is 0.130. The number of hydrogen-bond donors (Lipinski definition) is 1. The van der Waals surface area contributed by atoms with Crippen LogP contribution in [0, 0.1) is 17.0 Å². The van der Waals surface area contributed by atoms with E-state index in [1.54, 1.807) is 6.07 Å². The minimum atomic E-state index is -0.656. The van der Waals surface area contributed by atoms with E-state index >= 15 is 0 Å². The molecule has 1 aromatic heterocycles. The molecule has 0 aliphatic rings. The fourth-order valence-corrected chi connectivity index (χ4v) is 3.55. The van der Waals surface area contributed by atoms with Crippen LogP contribution < -0.4 is 5.32 Å². The second-order valence-electron chi connectivity index (χ2n) is 4.93. The van der Waals surface area contributed by atoms with Crippen molar-refractivity contribution in [1.82, 2.24) is 4.98 Å². The number of halogens is 2. The Kier molecular flexibility index (Phi) is 4.40. The number of aryl methyl sites for hydroxylation is 1. The van der Waals surface area contributed by atoms with Gasteiger partial charge in [0.15, 0.2) is 5.13 Å². The molecule has 3 rings (SSSR count). The number of rotatable bonds is 3. The monoisotopic (exact) mass is 381 g/mol. The Bertz CT molecular complexity index is 948. The molecule has 0 aliphatic heterocycles. The third-order valence-corrected chi connectivity index (χ3v) is 4.98. The van der Waals surface area contributed by atoms with Crippen molar-refractivity contribution in [2.75, 3.05) is 5.32 Å². The van der Waals surface area contributed by atoms with Crippen LogP contribution in [-0.2, 0) is 0 Å². The van der Waals surface area contributed by atoms with Crippen molar-refractivity contribution in [3.05, 3.63) is 61.6 Å². The van der Waals surface area contributed by atoms with E-state index in [1.165, 1.54) is 29.5 Å². The predicted octanol–water partition coefficient (Wildman–Crippen LogP) is 5.07. The van der Waals surface area contributed by atoms with Gasteiger partial charge in [0.1, 0.15) is 5.56 Å². The van der Waals surface area contributed by atoms with E-state index < -0.39 is 10.8 Å². The van der Waals surface area contributed by atoms with Crippen LogP contribution in [0.4, 0.5) is 10.8 Å². The van der Waals surface area contributed by atoms with Crippen LogP contribution in [-0.4, -0.2) is 15.8 Å². The molecule has 9 heteroatoms. The Balaban J connectivity index is 1.99. The van der Waals surface area contributed by atoms with Crippen molar-refractivity contribution >= 4 is 61.5 Å². The zero-order chi connectivity index (χ0) is 17.4. The van der Waals surface area contributed by atoms with E-state index in [0.717, 1.165) is 10.3 Å². The Morgan fingerprint density at radius 3 is 2.71 bits per heavy atom. The highest BCUT2D eigenvalue weighted by Crippen LogP contribution is 2.34. The minimum Gasteiger partial charge on any atom is -0.298 e. The molecular weight excluding hydrogens is 373 g/mol. The van der Waals surface area contributed by atoms with Crippen molar-refractivity contribution in [2.24, 2.45) is 0 Å². The summed E-state index contributed by atoms with van der Waals surface area (Å²) in [6, 6.07) is 7.39. The predicted molar refractivity (Wildman–Crippen MR) is 95.4 cm³/mol. The highest BCUT2D eigenvalue weighted by molar-refractivity contribution is 7.23. The number of aromatic nitrogens is 1. The van der Waals surface area contributed by atoms with Crippen LogP contribution in [0.15, 0.2) is 30.3 Å². The number of fused-ring (bicyclic) bond motifs is 1. The van der Waals surface area contributed by atoms with Gasteiger partial charge in [0.2, 0.25) is 0 Å². The van der Waals surface area contributed by atoms with E-state index in [0.29, 0.717) is 15.7 Å². The van der Waals surface area contributed by atoms with Crippen molar-refractivity contribution in [1.29, 1.82) is 0 Å². The van der Waals surface area contributed by atoms with Crippen molar-refractivity contribution in [3.8, 4) is 0 Å². The highest BCUT2D eigenvalue weighted by Gasteiger charge is 2.22. The van der Waals surface area contributed by atoms with Gasteiger partial charge in [0.25, 0.3) is 11.6 Å². The molecule has 0 spiro atoms. The van der Waals surface area contributed by atoms with Gasteiger partial charge in [-0.3, -0.25) is 20.2 Å². The standard InChI is InChI=1S/C15H9Cl2N3O3S/c1-7-2-4-10(17)13-12(7)18-15(24-13)19-14(21)9-6-8(16)3-5-11(9)20(22)23/h2-6H,1H3,(H,18,19,21). The Hall–Kier alpha value is -2.22. The zero-order valence-electron chi connectivity index (χ0n) is 12.2. The third kappa shape index (κ3) is 3.06. The number of nitro benzene ring substituents is 1. The van der Waals surface area contributed by atoms with Gasteiger partial charge in [-0.15, -0.1) is 0 Å². The Morgan fingerprint density at radius 1 is 1.29 bits per heavy atom. The average Bonchev–Trinajstić information content (AvgIpc) is 2.95. The molecule has 0 saturated carbocycles. The van der Waals surface area contributed by atoms with Crippen LogP contribution >= 0.6 is 34.5 Å². The van der Waals surface area contributed by atoms with E-state index in [2.05, 4.69) is 10.3 Å². The first-order chi connectivity index (χ1) is 11.4. The number of thiazole rings is 1. The van der Waals surface area contributed by atoms with E-state index in [4.69, 9.17) is 23.2 Å². The number of carbonyl (C=O) groups is 1. The number of nitrogens with one attached hydrogen (secondary N) is 1. The zero-order valence-corrected chi connectivity index (χ0v) is 14.5. The van der Waals surface area contributed by atoms with Gasteiger partial charge < -0.3 is 0 Å². The molecule has 2 aromatic carbocycles. The molecule has 122 valence electrons. The molecule has 0 bridgehead atoms. The van der Waals surface area contributed by atoms with Gasteiger partial charge in [-0.1, -0.05) is 40.6 Å². The summed E-state index contributed by atoms with van der Waals surface area (Å²) in [6.07, 6.45) is 0. The Labute approximate surface area is 150 Å².